The normalized spacial score (nSPS) is 14.4. The van der Waals surface area contributed by atoms with Crippen molar-refractivity contribution in [3.8, 4) is 0 Å². The Morgan fingerprint density at radius 3 is 2.19 bits per heavy atom. The summed E-state index contributed by atoms with van der Waals surface area (Å²) in [5, 5.41) is 3.16. The molecule has 7 nitrogen and oxygen atoms in total. The van der Waals surface area contributed by atoms with Gasteiger partial charge in [0.25, 0.3) is 10.0 Å². The van der Waals surface area contributed by atoms with E-state index in [4.69, 9.17) is 0 Å². The monoisotopic (exact) mass is 589 g/mol. The molecule has 1 aliphatic carbocycles. The van der Waals surface area contributed by atoms with Gasteiger partial charge in [0.05, 0.1) is 10.6 Å². The molecule has 1 atom stereocenters. The van der Waals surface area contributed by atoms with Crippen LogP contribution in [0.15, 0.2) is 71.6 Å². The standard InChI is InChI=1S/C34H43N3O4S/c1-6-32(34(39)35-29-12-7-8-13-29)36(22-28-11-9-10-25(3)20-28)33(38)23-37(30-17-16-26(4)27(5)21-30)42(40,41)31-18-14-24(2)15-19-31/h9-11,14-21,29,32H,6-8,12-13,22-23H2,1-5H3,(H,35,39)/t32-/m0/s1. The molecule has 0 bridgehead atoms. The van der Waals surface area contributed by atoms with Gasteiger partial charge in [0.15, 0.2) is 0 Å². The molecule has 4 rings (SSSR count). The summed E-state index contributed by atoms with van der Waals surface area (Å²) in [5.41, 5.74) is 5.21. The van der Waals surface area contributed by atoms with Gasteiger partial charge in [-0.25, -0.2) is 8.42 Å². The smallest absolute Gasteiger partial charge is 0.264 e. The average molecular weight is 590 g/mol. The van der Waals surface area contributed by atoms with E-state index < -0.39 is 28.5 Å². The molecule has 0 spiro atoms. The largest absolute Gasteiger partial charge is 0.352 e. The van der Waals surface area contributed by atoms with Gasteiger partial charge in [-0.3, -0.25) is 13.9 Å². The van der Waals surface area contributed by atoms with Crippen molar-refractivity contribution < 1.29 is 18.0 Å². The second-order valence-electron chi connectivity index (χ2n) is 11.5. The predicted molar refractivity (Wildman–Crippen MR) is 168 cm³/mol. The third-order valence-electron chi connectivity index (χ3n) is 8.19. The van der Waals surface area contributed by atoms with Gasteiger partial charge in [-0.15, -0.1) is 0 Å². The van der Waals surface area contributed by atoms with Gasteiger partial charge in [0.1, 0.15) is 12.6 Å². The second-order valence-corrected chi connectivity index (χ2v) is 13.4. The number of sulfonamides is 1. The van der Waals surface area contributed by atoms with E-state index >= 15 is 0 Å². The fraction of sp³-hybridized carbons (Fsp3) is 0.412. The first-order valence-corrected chi connectivity index (χ1v) is 16.3. The molecule has 1 aliphatic rings. The van der Waals surface area contributed by atoms with Gasteiger partial charge < -0.3 is 10.2 Å². The molecule has 3 aromatic carbocycles. The second kappa shape index (κ2) is 13.6. The fourth-order valence-corrected chi connectivity index (χ4v) is 6.95. The third-order valence-corrected chi connectivity index (χ3v) is 9.98. The number of hydrogen-bond acceptors (Lipinski definition) is 4. The number of carbonyl (C=O) groups excluding carboxylic acids is 2. The van der Waals surface area contributed by atoms with Crippen LogP contribution in [-0.2, 0) is 26.2 Å². The summed E-state index contributed by atoms with van der Waals surface area (Å²) >= 11 is 0. The van der Waals surface area contributed by atoms with E-state index in [1.807, 2.05) is 65.0 Å². The Bertz CT molecular complexity index is 1510. The van der Waals surface area contributed by atoms with E-state index in [9.17, 15) is 18.0 Å². The molecule has 0 heterocycles. The summed E-state index contributed by atoms with van der Waals surface area (Å²) in [4.78, 5) is 29.5. The lowest BCUT2D eigenvalue weighted by Crippen LogP contribution is -2.53. The van der Waals surface area contributed by atoms with Crippen LogP contribution >= 0.6 is 0 Å². The molecule has 0 aliphatic heterocycles. The van der Waals surface area contributed by atoms with Crippen LogP contribution in [0.2, 0.25) is 0 Å². The summed E-state index contributed by atoms with van der Waals surface area (Å²) in [6.07, 6.45) is 4.43. The van der Waals surface area contributed by atoms with Gasteiger partial charge >= 0.3 is 0 Å². The molecular formula is C34H43N3O4S. The van der Waals surface area contributed by atoms with Gasteiger partial charge in [0.2, 0.25) is 11.8 Å². The van der Waals surface area contributed by atoms with Crippen LogP contribution in [0.1, 0.15) is 66.8 Å². The van der Waals surface area contributed by atoms with Crippen molar-refractivity contribution in [3.63, 3.8) is 0 Å². The van der Waals surface area contributed by atoms with Crippen LogP contribution in [0, 0.1) is 27.7 Å². The molecule has 224 valence electrons. The Balaban J connectivity index is 1.73. The molecule has 1 saturated carbocycles. The number of nitrogens with zero attached hydrogens (tertiary/aromatic N) is 2. The number of nitrogens with one attached hydrogen (secondary N) is 1. The van der Waals surface area contributed by atoms with Crippen LogP contribution in [0.25, 0.3) is 0 Å². The molecule has 2 amide bonds. The summed E-state index contributed by atoms with van der Waals surface area (Å²) in [7, 11) is -4.09. The van der Waals surface area contributed by atoms with Crippen molar-refractivity contribution in [1.29, 1.82) is 0 Å². The maximum Gasteiger partial charge on any atom is 0.264 e. The van der Waals surface area contributed by atoms with E-state index in [-0.39, 0.29) is 23.4 Å². The fourth-order valence-electron chi connectivity index (χ4n) is 5.54. The summed E-state index contributed by atoms with van der Waals surface area (Å²) in [6, 6.07) is 19.2. The quantitative estimate of drug-likeness (QED) is 0.298. The molecule has 1 fully saturated rings. The topological polar surface area (TPSA) is 86.8 Å². The summed E-state index contributed by atoms with van der Waals surface area (Å²) in [6.45, 7) is 9.41. The number of hydrogen-bond donors (Lipinski definition) is 1. The Labute approximate surface area is 251 Å². The SMILES string of the molecule is CC[C@@H](C(=O)NC1CCCC1)N(Cc1cccc(C)c1)C(=O)CN(c1ccc(C)c(C)c1)S(=O)(=O)c1ccc(C)cc1. The highest BCUT2D eigenvalue weighted by Gasteiger charge is 2.34. The number of aryl methyl sites for hydroxylation is 4. The van der Waals surface area contributed by atoms with Crippen LogP contribution in [-0.4, -0.2) is 43.8 Å². The number of amides is 2. The van der Waals surface area contributed by atoms with Crippen molar-refractivity contribution in [2.45, 2.75) is 90.2 Å². The van der Waals surface area contributed by atoms with Crippen molar-refractivity contribution in [2.75, 3.05) is 10.8 Å². The highest BCUT2D eigenvalue weighted by molar-refractivity contribution is 7.92. The van der Waals surface area contributed by atoms with E-state index in [0.29, 0.717) is 12.1 Å². The van der Waals surface area contributed by atoms with Crippen molar-refractivity contribution >= 4 is 27.5 Å². The lowest BCUT2D eigenvalue weighted by atomic mass is 10.1. The van der Waals surface area contributed by atoms with Crippen LogP contribution in [0.3, 0.4) is 0 Å². The highest BCUT2D eigenvalue weighted by Crippen LogP contribution is 2.27. The Morgan fingerprint density at radius 1 is 0.881 bits per heavy atom. The van der Waals surface area contributed by atoms with Gasteiger partial charge in [-0.05, 0) is 87.9 Å². The van der Waals surface area contributed by atoms with Crippen LogP contribution in [0.5, 0.6) is 0 Å². The average Bonchev–Trinajstić information content (AvgIpc) is 3.46. The van der Waals surface area contributed by atoms with E-state index in [1.165, 1.54) is 4.31 Å². The Morgan fingerprint density at radius 2 is 1.57 bits per heavy atom. The van der Waals surface area contributed by atoms with Gasteiger partial charge in [-0.1, -0.05) is 73.4 Å². The lowest BCUT2D eigenvalue weighted by molar-refractivity contribution is -0.140. The highest BCUT2D eigenvalue weighted by atomic mass is 32.2. The molecule has 0 unspecified atom stereocenters. The number of anilines is 1. The first-order chi connectivity index (χ1) is 20.0. The zero-order valence-corrected chi connectivity index (χ0v) is 26.2. The van der Waals surface area contributed by atoms with E-state index in [1.54, 1.807) is 41.3 Å². The van der Waals surface area contributed by atoms with E-state index in [0.717, 1.165) is 53.5 Å². The van der Waals surface area contributed by atoms with Crippen LogP contribution in [0.4, 0.5) is 5.69 Å². The van der Waals surface area contributed by atoms with Crippen molar-refractivity contribution in [2.24, 2.45) is 0 Å². The van der Waals surface area contributed by atoms with Gasteiger partial charge in [0, 0.05) is 12.6 Å². The summed E-state index contributed by atoms with van der Waals surface area (Å²) in [5.74, 6) is -0.622. The maximum atomic E-state index is 14.3. The molecule has 0 aromatic heterocycles. The van der Waals surface area contributed by atoms with Crippen molar-refractivity contribution in [3.05, 3.63) is 94.5 Å². The minimum absolute atomic E-state index is 0.107. The van der Waals surface area contributed by atoms with Gasteiger partial charge in [-0.2, -0.15) is 0 Å². The third kappa shape index (κ3) is 7.40. The molecule has 1 N–H and O–H groups in total. The maximum absolute atomic E-state index is 14.3. The lowest BCUT2D eigenvalue weighted by Gasteiger charge is -2.34. The zero-order valence-electron chi connectivity index (χ0n) is 25.4. The first-order valence-electron chi connectivity index (χ1n) is 14.8. The van der Waals surface area contributed by atoms with Crippen LogP contribution < -0.4 is 9.62 Å². The Kier molecular flexibility index (Phi) is 10.1. The zero-order chi connectivity index (χ0) is 30.4. The first kappa shape index (κ1) is 31.3. The summed E-state index contributed by atoms with van der Waals surface area (Å²) < 4.78 is 29.3. The number of rotatable bonds is 11. The number of benzene rings is 3. The minimum Gasteiger partial charge on any atom is -0.352 e. The van der Waals surface area contributed by atoms with Crippen molar-refractivity contribution in [1.82, 2.24) is 10.2 Å². The minimum atomic E-state index is -4.09. The molecule has 0 saturated heterocycles. The molecule has 8 heteroatoms. The van der Waals surface area contributed by atoms with E-state index in [2.05, 4.69) is 5.32 Å². The molecule has 3 aromatic rings. The molecular weight excluding hydrogens is 546 g/mol. The predicted octanol–water partition coefficient (Wildman–Crippen LogP) is 5.98. The number of carbonyl (C=O) groups is 2. The molecule has 0 radical (unpaired) electrons. The molecule has 42 heavy (non-hydrogen) atoms. The Hall–Kier alpha value is -3.65.